The van der Waals surface area contributed by atoms with Gasteiger partial charge in [0.15, 0.2) is 9.84 Å². The average molecular weight is 458 g/mol. The summed E-state index contributed by atoms with van der Waals surface area (Å²) in [6.07, 6.45) is 0.269. The molecule has 8 heteroatoms. The Morgan fingerprint density at radius 1 is 0.806 bits per heavy atom. The molecule has 1 unspecified atom stereocenters. The van der Waals surface area contributed by atoms with E-state index in [4.69, 9.17) is 4.74 Å². The third-order valence-electron chi connectivity index (χ3n) is 5.31. The molecule has 4 rings (SSSR count). The molecule has 6 nitrogen and oxygen atoms in total. The molecule has 0 bridgehead atoms. The molecule has 0 radical (unpaired) electrons. The van der Waals surface area contributed by atoms with Gasteiger partial charge in [-0.1, -0.05) is 30.3 Å². The highest BCUT2D eigenvalue weighted by molar-refractivity contribution is 7.92. The maximum atomic E-state index is 13.0. The highest BCUT2D eigenvalue weighted by Crippen LogP contribution is 2.29. The molecule has 1 saturated heterocycles. The van der Waals surface area contributed by atoms with Crippen molar-refractivity contribution in [2.45, 2.75) is 28.4 Å². The van der Waals surface area contributed by atoms with Crippen molar-refractivity contribution in [2.24, 2.45) is 0 Å². The highest BCUT2D eigenvalue weighted by atomic mass is 32.2. The Morgan fingerprint density at radius 3 is 2.19 bits per heavy atom. The summed E-state index contributed by atoms with van der Waals surface area (Å²) in [5, 5.41) is -0.756. The molecule has 1 aliphatic heterocycles. The molecule has 3 aromatic rings. The quantitative estimate of drug-likeness (QED) is 0.558. The van der Waals surface area contributed by atoms with Crippen LogP contribution in [-0.2, 0) is 19.9 Å². The first-order valence-corrected chi connectivity index (χ1v) is 12.9. The summed E-state index contributed by atoms with van der Waals surface area (Å²) in [5.41, 5.74) is 1.06. The van der Waals surface area contributed by atoms with Gasteiger partial charge in [0.25, 0.3) is 0 Å². The Kier molecular flexibility index (Phi) is 5.88. The standard InChI is InChI=1S/C23H23NO5S2/c1-18-6-5-7-20(16-18)29-19-10-12-22(13-11-19)31(27,28)24-15-14-23(17-24)30(25,26)21-8-3-2-4-9-21/h2-13,16,23H,14-15,17H2,1H3. The van der Waals surface area contributed by atoms with Gasteiger partial charge in [-0.2, -0.15) is 4.31 Å². The van der Waals surface area contributed by atoms with Gasteiger partial charge >= 0.3 is 0 Å². The van der Waals surface area contributed by atoms with E-state index < -0.39 is 25.1 Å². The van der Waals surface area contributed by atoms with Crippen LogP contribution >= 0.6 is 0 Å². The molecule has 0 aromatic heterocycles. The molecule has 0 N–H and O–H groups in total. The molecular weight excluding hydrogens is 434 g/mol. The van der Waals surface area contributed by atoms with Crippen molar-refractivity contribution >= 4 is 19.9 Å². The molecule has 1 atom stereocenters. The van der Waals surface area contributed by atoms with E-state index in [1.807, 2.05) is 31.2 Å². The lowest BCUT2D eigenvalue weighted by molar-refractivity contribution is 0.474. The van der Waals surface area contributed by atoms with E-state index in [9.17, 15) is 16.8 Å². The highest BCUT2D eigenvalue weighted by Gasteiger charge is 2.39. The SMILES string of the molecule is Cc1cccc(Oc2ccc(S(=O)(=O)N3CCC(S(=O)(=O)c4ccccc4)C3)cc2)c1. The zero-order valence-corrected chi connectivity index (χ0v) is 18.6. The topological polar surface area (TPSA) is 80.8 Å². The normalized spacial score (nSPS) is 17.5. The number of ether oxygens (including phenoxy) is 1. The number of hydrogen-bond donors (Lipinski definition) is 0. The largest absolute Gasteiger partial charge is 0.457 e. The van der Waals surface area contributed by atoms with E-state index in [2.05, 4.69) is 0 Å². The number of aryl methyl sites for hydroxylation is 1. The van der Waals surface area contributed by atoms with E-state index in [0.29, 0.717) is 11.5 Å². The fourth-order valence-electron chi connectivity index (χ4n) is 3.62. The smallest absolute Gasteiger partial charge is 0.243 e. The summed E-state index contributed by atoms with van der Waals surface area (Å²) in [4.78, 5) is 0.332. The van der Waals surface area contributed by atoms with Crippen LogP contribution in [0.25, 0.3) is 0 Å². The fraction of sp³-hybridized carbons (Fsp3) is 0.217. The van der Waals surface area contributed by atoms with Crippen LogP contribution in [0.4, 0.5) is 0 Å². The van der Waals surface area contributed by atoms with Gasteiger partial charge in [0.1, 0.15) is 11.5 Å². The second-order valence-electron chi connectivity index (χ2n) is 7.52. The van der Waals surface area contributed by atoms with Crippen molar-refractivity contribution in [2.75, 3.05) is 13.1 Å². The summed E-state index contributed by atoms with van der Waals surface area (Å²) in [5.74, 6) is 1.19. The van der Waals surface area contributed by atoms with E-state index in [-0.39, 0.29) is 29.3 Å². The van der Waals surface area contributed by atoms with Gasteiger partial charge in [0.05, 0.1) is 15.0 Å². The van der Waals surface area contributed by atoms with Crippen LogP contribution in [0.2, 0.25) is 0 Å². The minimum atomic E-state index is -3.80. The lowest BCUT2D eigenvalue weighted by Crippen LogP contribution is -2.32. The average Bonchev–Trinajstić information content (AvgIpc) is 3.27. The molecular formula is C23H23NO5S2. The Bertz CT molecular complexity index is 1270. The summed E-state index contributed by atoms with van der Waals surface area (Å²) >= 11 is 0. The Balaban J connectivity index is 1.49. The van der Waals surface area contributed by atoms with Gasteiger partial charge in [-0.3, -0.25) is 0 Å². The fourth-order valence-corrected chi connectivity index (χ4v) is 6.92. The molecule has 1 fully saturated rings. The van der Waals surface area contributed by atoms with Crippen LogP contribution in [0.5, 0.6) is 11.5 Å². The van der Waals surface area contributed by atoms with Crippen LogP contribution < -0.4 is 4.74 Å². The van der Waals surface area contributed by atoms with Gasteiger partial charge < -0.3 is 4.74 Å². The van der Waals surface area contributed by atoms with E-state index >= 15 is 0 Å². The lowest BCUT2D eigenvalue weighted by Gasteiger charge is -2.17. The van der Waals surface area contributed by atoms with Crippen molar-refractivity contribution in [1.82, 2.24) is 4.31 Å². The third kappa shape index (κ3) is 4.51. The molecule has 0 amide bonds. The van der Waals surface area contributed by atoms with Crippen molar-refractivity contribution in [3.8, 4) is 11.5 Å². The van der Waals surface area contributed by atoms with Crippen molar-refractivity contribution < 1.29 is 21.6 Å². The second-order valence-corrected chi connectivity index (χ2v) is 11.7. The van der Waals surface area contributed by atoms with Gasteiger partial charge in [0.2, 0.25) is 10.0 Å². The molecule has 1 aliphatic rings. The molecule has 0 saturated carbocycles. The number of benzene rings is 3. The van der Waals surface area contributed by atoms with Crippen molar-refractivity contribution in [3.63, 3.8) is 0 Å². The van der Waals surface area contributed by atoms with Crippen LogP contribution in [0, 0.1) is 6.92 Å². The first-order chi connectivity index (χ1) is 14.8. The van der Waals surface area contributed by atoms with Crippen LogP contribution in [0.3, 0.4) is 0 Å². The summed E-state index contributed by atoms with van der Waals surface area (Å²) in [7, 11) is -7.38. The van der Waals surface area contributed by atoms with E-state index in [1.54, 1.807) is 42.5 Å². The van der Waals surface area contributed by atoms with Gasteiger partial charge in [-0.15, -0.1) is 0 Å². The monoisotopic (exact) mass is 457 g/mol. The number of hydrogen-bond acceptors (Lipinski definition) is 5. The maximum absolute atomic E-state index is 13.0. The van der Waals surface area contributed by atoms with Gasteiger partial charge in [0, 0.05) is 13.1 Å². The molecule has 162 valence electrons. The Hall–Kier alpha value is -2.68. The summed E-state index contributed by atoms with van der Waals surface area (Å²) in [6.45, 7) is 2.07. The zero-order valence-electron chi connectivity index (χ0n) is 17.0. The Morgan fingerprint density at radius 2 is 1.52 bits per heavy atom. The van der Waals surface area contributed by atoms with Crippen molar-refractivity contribution in [3.05, 3.63) is 84.4 Å². The first-order valence-electron chi connectivity index (χ1n) is 9.90. The second kappa shape index (κ2) is 8.45. The Labute approximate surface area is 183 Å². The number of rotatable bonds is 6. The first kappa shape index (κ1) is 21.5. The number of sulfonamides is 1. The van der Waals surface area contributed by atoms with E-state index in [1.165, 1.54) is 16.4 Å². The van der Waals surface area contributed by atoms with Crippen LogP contribution in [0.15, 0.2) is 88.7 Å². The molecule has 31 heavy (non-hydrogen) atoms. The van der Waals surface area contributed by atoms with Gasteiger partial charge in [-0.25, -0.2) is 16.8 Å². The van der Waals surface area contributed by atoms with Crippen LogP contribution in [0.1, 0.15) is 12.0 Å². The predicted molar refractivity (Wildman–Crippen MR) is 118 cm³/mol. The van der Waals surface area contributed by atoms with Crippen LogP contribution in [-0.4, -0.2) is 39.5 Å². The molecule has 0 aliphatic carbocycles. The number of sulfone groups is 1. The minimum absolute atomic E-state index is 0.0545. The maximum Gasteiger partial charge on any atom is 0.243 e. The molecule has 0 spiro atoms. The van der Waals surface area contributed by atoms with E-state index in [0.717, 1.165) is 5.56 Å². The molecule has 1 heterocycles. The van der Waals surface area contributed by atoms with Crippen molar-refractivity contribution in [1.29, 1.82) is 0 Å². The zero-order chi connectivity index (χ0) is 22.1. The predicted octanol–water partition coefficient (Wildman–Crippen LogP) is 4.02. The molecule has 3 aromatic carbocycles. The number of nitrogens with zero attached hydrogens (tertiary/aromatic N) is 1. The summed E-state index contributed by atoms with van der Waals surface area (Å²) < 4.78 is 58.8. The summed E-state index contributed by atoms with van der Waals surface area (Å²) in [6, 6.07) is 21.9. The third-order valence-corrected chi connectivity index (χ3v) is 9.38. The lowest BCUT2D eigenvalue weighted by atomic mass is 10.2. The van der Waals surface area contributed by atoms with Gasteiger partial charge in [-0.05, 0) is 67.4 Å². The minimum Gasteiger partial charge on any atom is -0.457 e.